The van der Waals surface area contributed by atoms with E-state index in [9.17, 15) is 0 Å². The van der Waals surface area contributed by atoms with Crippen LogP contribution < -0.4 is 0 Å². The highest BCUT2D eigenvalue weighted by Gasteiger charge is 2.50. The second-order valence-electron chi connectivity index (χ2n) is 7.17. The van der Waals surface area contributed by atoms with Crippen LogP contribution in [-0.2, 0) is 5.41 Å². The van der Waals surface area contributed by atoms with Crippen molar-refractivity contribution in [2.75, 3.05) is 0 Å². The number of halogens is 2. The van der Waals surface area contributed by atoms with Gasteiger partial charge in [-0.1, -0.05) is 106 Å². The van der Waals surface area contributed by atoms with Gasteiger partial charge in [0.2, 0.25) is 0 Å². The maximum atomic E-state index is 6.73. The minimum Gasteiger partial charge on any atom is -0.0878 e. The van der Waals surface area contributed by atoms with Crippen LogP contribution in [0.15, 0.2) is 99.2 Å². The molecule has 1 unspecified atom stereocenters. The van der Waals surface area contributed by atoms with Gasteiger partial charge in [-0.15, -0.1) is 0 Å². The van der Waals surface area contributed by atoms with Crippen LogP contribution >= 0.6 is 39.3 Å². The fourth-order valence-corrected chi connectivity index (χ4v) is 6.96. The van der Waals surface area contributed by atoms with E-state index in [1.165, 1.54) is 38.3 Å². The summed E-state index contributed by atoms with van der Waals surface area (Å²) in [5.41, 5.74) is 7.47. The van der Waals surface area contributed by atoms with Crippen molar-refractivity contribution in [1.29, 1.82) is 0 Å². The van der Waals surface area contributed by atoms with Gasteiger partial charge in [0.25, 0.3) is 0 Å². The molecule has 0 fully saturated rings. The standard InChI is InChI=1S/C25H14BrClS/c26-20-12-5-10-18-23(20)15-7-1-2-8-16(15)25(18)17-9-3-4-14-22(17)28-24-19(25)11-6-13-21(24)27/h1-14H. The Morgan fingerprint density at radius 3 is 2.25 bits per heavy atom. The van der Waals surface area contributed by atoms with Crippen molar-refractivity contribution in [3.63, 3.8) is 0 Å². The van der Waals surface area contributed by atoms with Crippen LogP contribution in [0.2, 0.25) is 5.02 Å². The molecule has 1 spiro atoms. The molecule has 2 aliphatic rings. The van der Waals surface area contributed by atoms with Gasteiger partial charge in [-0.25, -0.2) is 0 Å². The van der Waals surface area contributed by atoms with Gasteiger partial charge in [0.15, 0.2) is 0 Å². The predicted molar refractivity (Wildman–Crippen MR) is 121 cm³/mol. The van der Waals surface area contributed by atoms with Gasteiger partial charge in [-0.05, 0) is 46.0 Å². The Kier molecular flexibility index (Phi) is 3.62. The van der Waals surface area contributed by atoms with Crippen molar-refractivity contribution in [3.05, 3.63) is 117 Å². The molecule has 1 atom stereocenters. The number of fused-ring (bicyclic) bond motifs is 9. The summed E-state index contributed by atoms with van der Waals surface area (Å²) in [5.74, 6) is 0. The number of benzene rings is 4. The highest BCUT2D eigenvalue weighted by atomic mass is 79.9. The summed E-state index contributed by atoms with van der Waals surface area (Å²) in [6.45, 7) is 0. The smallest absolute Gasteiger partial charge is 0.0736 e. The lowest BCUT2D eigenvalue weighted by molar-refractivity contribution is 0.722. The summed E-state index contributed by atoms with van der Waals surface area (Å²) in [7, 11) is 0. The molecule has 4 aromatic carbocycles. The lowest BCUT2D eigenvalue weighted by Crippen LogP contribution is -2.32. The molecule has 6 rings (SSSR count). The third-order valence-electron chi connectivity index (χ3n) is 5.89. The summed E-state index contributed by atoms with van der Waals surface area (Å²) in [6, 6.07) is 30.4. The summed E-state index contributed by atoms with van der Waals surface area (Å²) in [5, 5.41) is 0.817. The van der Waals surface area contributed by atoms with Gasteiger partial charge in [0.05, 0.1) is 10.4 Å². The number of hydrogen-bond donors (Lipinski definition) is 0. The van der Waals surface area contributed by atoms with Crippen molar-refractivity contribution in [2.45, 2.75) is 15.2 Å². The van der Waals surface area contributed by atoms with Crippen LogP contribution in [-0.4, -0.2) is 0 Å². The molecule has 134 valence electrons. The second-order valence-corrected chi connectivity index (χ2v) is 9.49. The minimum absolute atomic E-state index is 0.349. The first-order chi connectivity index (χ1) is 13.7. The lowest BCUT2D eigenvalue weighted by atomic mass is 9.67. The molecule has 0 saturated heterocycles. The van der Waals surface area contributed by atoms with Crippen LogP contribution in [0, 0.1) is 0 Å². The van der Waals surface area contributed by atoms with E-state index in [2.05, 4.69) is 94.8 Å². The zero-order valence-corrected chi connectivity index (χ0v) is 17.9. The highest BCUT2D eigenvalue weighted by Crippen LogP contribution is 2.63. The van der Waals surface area contributed by atoms with Gasteiger partial charge >= 0.3 is 0 Å². The maximum absolute atomic E-state index is 6.73. The van der Waals surface area contributed by atoms with Crippen molar-refractivity contribution < 1.29 is 0 Å². The Balaban J connectivity index is 1.88. The van der Waals surface area contributed by atoms with Gasteiger partial charge in [-0.2, -0.15) is 0 Å². The Hall–Kier alpha value is -2.00. The first-order valence-electron chi connectivity index (χ1n) is 9.18. The molecule has 28 heavy (non-hydrogen) atoms. The maximum Gasteiger partial charge on any atom is 0.0736 e. The van der Waals surface area contributed by atoms with E-state index in [1.807, 2.05) is 6.07 Å². The zero-order chi connectivity index (χ0) is 18.9. The summed E-state index contributed by atoms with van der Waals surface area (Å²) in [6.07, 6.45) is 0. The second kappa shape index (κ2) is 6.00. The highest BCUT2D eigenvalue weighted by molar-refractivity contribution is 9.10. The fourth-order valence-electron chi connectivity index (χ4n) is 4.89. The van der Waals surface area contributed by atoms with Crippen LogP contribution in [0.3, 0.4) is 0 Å². The number of hydrogen-bond acceptors (Lipinski definition) is 1. The van der Waals surface area contributed by atoms with Crippen LogP contribution in [0.5, 0.6) is 0 Å². The summed E-state index contributed by atoms with van der Waals surface area (Å²) >= 11 is 12.3. The van der Waals surface area contributed by atoms with Gasteiger partial charge in [0, 0.05) is 19.8 Å². The Bertz CT molecular complexity index is 1280. The van der Waals surface area contributed by atoms with Gasteiger partial charge in [-0.3, -0.25) is 0 Å². The van der Waals surface area contributed by atoms with Crippen molar-refractivity contribution in [1.82, 2.24) is 0 Å². The number of rotatable bonds is 0. The van der Waals surface area contributed by atoms with Crippen LogP contribution in [0.25, 0.3) is 11.1 Å². The molecular formula is C25H14BrClS. The van der Waals surface area contributed by atoms with E-state index >= 15 is 0 Å². The van der Waals surface area contributed by atoms with Crippen molar-refractivity contribution in [2.24, 2.45) is 0 Å². The van der Waals surface area contributed by atoms with E-state index in [1.54, 1.807) is 11.8 Å². The van der Waals surface area contributed by atoms with Crippen LogP contribution in [0.4, 0.5) is 0 Å². The van der Waals surface area contributed by atoms with E-state index in [-0.39, 0.29) is 5.41 Å². The van der Waals surface area contributed by atoms with Gasteiger partial charge < -0.3 is 0 Å². The van der Waals surface area contributed by atoms with Crippen LogP contribution in [0.1, 0.15) is 22.3 Å². The Morgan fingerprint density at radius 2 is 1.36 bits per heavy atom. The molecular weight excluding hydrogens is 448 g/mol. The molecule has 3 heteroatoms. The fraction of sp³-hybridized carbons (Fsp3) is 0.0400. The minimum atomic E-state index is -0.349. The third-order valence-corrected chi connectivity index (χ3v) is 8.20. The molecule has 1 aliphatic carbocycles. The Morgan fingerprint density at radius 1 is 0.679 bits per heavy atom. The molecule has 0 nitrogen and oxygen atoms in total. The molecule has 0 bridgehead atoms. The SMILES string of the molecule is Clc1cccc2c1Sc1ccccc1C21c2ccccc2-c2c(Br)cccc21. The topological polar surface area (TPSA) is 0 Å². The average Bonchev–Trinajstić information content (AvgIpc) is 3.02. The van der Waals surface area contributed by atoms with E-state index in [0.717, 1.165) is 14.4 Å². The van der Waals surface area contributed by atoms with Gasteiger partial charge in [0.1, 0.15) is 0 Å². The largest absolute Gasteiger partial charge is 0.0878 e. The van der Waals surface area contributed by atoms with E-state index in [4.69, 9.17) is 11.6 Å². The molecule has 1 heterocycles. The normalized spacial score (nSPS) is 18.4. The molecule has 0 aromatic heterocycles. The monoisotopic (exact) mass is 460 g/mol. The quantitative estimate of drug-likeness (QED) is 0.221. The summed E-state index contributed by atoms with van der Waals surface area (Å²) in [4.78, 5) is 2.43. The molecule has 0 N–H and O–H groups in total. The van der Waals surface area contributed by atoms with Crippen molar-refractivity contribution >= 4 is 39.3 Å². The first-order valence-corrected chi connectivity index (χ1v) is 11.2. The first kappa shape index (κ1) is 16.9. The third kappa shape index (κ3) is 1.98. The molecule has 1 aliphatic heterocycles. The molecule has 0 saturated carbocycles. The molecule has 4 aromatic rings. The molecule has 0 amide bonds. The average molecular weight is 462 g/mol. The van der Waals surface area contributed by atoms with Crippen molar-refractivity contribution in [3.8, 4) is 11.1 Å². The lowest BCUT2D eigenvalue weighted by Gasteiger charge is -2.39. The summed E-state index contributed by atoms with van der Waals surface area (Å²) < 4.78 is 1.13. The Labute approximate surface area is 181 Å². The molecule has 0 radical (unpaired) electrons. The zero-order valence-electron chi connectivity index (χ0n) is 14.7. The van der Waals surface area contributed by atoms with E-state index in [0.29, 0.717) is 0 Å². The van der Waals surface area contributed by atoms with E-state index < -0.39 is 0 Å². The predicted octanol–water partition coefficient (Wildman–Crippen LogP) is 7.93.